The molecule has 6 heavy (non-hydrogen) atoms. The molecule has 1 nitrogen and oxygen atoms in total. The molecule has 0 aromatic carbocycles. The molecule has 1 aromatic heterocycles. The Bertz CT molecular complexity index is 111. The van der Waals surface area contributed by atoms with Crippen molar-refractivity contribution in [3.05, 3.63) is 15.8 Å². The van der Waals surface area contributed by atoms with E-state index in [0.29, 0.717) is 0 Å². The van der Waals surface area contributed by atoms with Gasteiger partial charge in [0.2, 0.25) is 0 Å². The summed E-state index contributed by atoms with van der Waals surface area (Å²) < 4.78 is 6.35. The third kappa shape index (κ3) is 0.829. The van der Waals surface area contributed by atoms with Crippen LogP contribution in [0.1, 0.15) is 5.69 Å². The minimum atomic E-state index is -0.0334. The van der Waals surface area contributed by atoms with Crippen LogP contribution in [0.4, 0.5) is 0 Å². The molecular formula is C4H5NTe. The van der Waals surface area contributed by atoms with Gasteiger partial charge in [-0.15, -0.1) is 0 Å². The Morgan fingerprint density at radius 3 is 2.83 bits per heavy atom. The summed E-state index contributed by atoms with van der Waals surface area (Å²) >= 11 is -0.0334. The molecule has 2 heteroatoms. The average Bonchev–Trinajstić information content (AvgIpc) is 1.86. The van der Waals surface area contributed by atoms with E-state index >= 15 is 0 Å². The van der Waals surface area contributed by atoms with Gasteiger partial charge in [-0.1, -0.05) is 0 Å². The Morgan fingerprint density at radius 2 is 2.67 bits per heavy atom. The summed E-state index contributed by atoms with van der Waals surface area (Å²) in [5.41, 5.74) is 1.21. The zero-order chi connectivity index (χ0) is 4.41. The van der Waals surface area contributed by atoms with Crippen molar-refractivity contribution in [1.82, 2.24) is 3.21 Å². The fourth-order valence-corrected chi connectivity index (χ4v) is 1.83. The predicted octanol–water partition coefficient (Wildman–Crippen LogP) is 0.447. The van der Waals surface area contributed by atoms with Crippen LogP contribution >= 0.6 is 0 Å². The Kier molecular flexibility index (Phi) is 1.29. The van der Waals surface area contributed by atoms with Gasteiger partial charge in [-0.25, -0.2) is 0 Å². The van der Waals surface area contributed by atoms with Crippen LogP contribution in [0.2, 0.25) is 0 Å². The molecule has 1 heterocycles. The van der Waals surface area contributed by atoms with Crippen LogP contribution in [0.15, 0.2) is 10.1 Å². The van der Waals surface area contributed by atoms with Crippen LogP contribution in [-0.2, 0) is 0 Å². The van der Waals surface area contributed by atoms with Crippen molar-refractivity contribution in [1.29, 1.82) is 0 Å². The van der Waals surface area contributed by atoms with Gasteiger partial charge < -0.3 is 0 Å². The topological polar surface area (TPSA) is 12.9 Å². The Balaban J connectivity index is 3.05. The van der Waals surface area contributed by atoms with E-state index in [1.807, 2.05) is 6.92 Å². The van der Waals surface area contributed by atoms with E-state index in [9.17, 15) is 0 Å². The first-order valence-corrected chi connectivity index (χ1v) is 4.15. The molecule has 0 atom stereocenters. The first-order valence-electron chi connectivity index (χ1n) is 1.76. The maximum absolute atomic E-state index is 4.17. The van der Waals surface area contributed by atoms with Gasteiger partial charge in [0, 0.05) is 0 Å². The average molecular weight is 195 g/mol. The summed E-state index contributed by atoms with van der Waals surface area (Å²) in [5, 5.41) is 0. The molecule has 1 aromatic rings. The van der Waals surface area contributed by atoms with Crippen molar-refractivity contribution in [2.75, 3.05) is 0 Å². The molecule has 0 spiro atoms. The van der Waals surface area contributed by atoms with Crippen molar-refractivity contribution in [2.45, 2.75) is 6.92 Å². The summed E-state index contributed by atoms with van der Waals surface area (Å²) in [6.07, 6.45) is 0. The number of nitrogens with zero attached hydrogens (tertiary/aromatic N) is 1. The minimum absolute atomic E-state index is 0.0334. The summed E-state index contributed by atoms with van der Waals surface area (Å²) in [5.74, 6) is 0. The van der Waals surface area contributed by atoms with Crippen molar-refractivity contribution in [2.24, 2.45) is 0 Å². The van der Waals surface area contributed by atoms with Crippen LogP contribution in [0.3, 0.4) is 0 Å². The SMILES string of the molecule is Cc1cc[te]n1. The second kappa shape index (κ2) is 1.77. The molecule has 0 fully saturated rings. The van der Waals surface area contributed by atoms with E-state index < -0.39 is 0 Å². The summed E-state index contributed by atoms with van der Waals surface area (Å²) in [6, 6.07) is 2.09. The van der Waals surface area contributed by atoms with Gasteiger partial charge in [0.05, 0.1) is 0 Å². The molecule has 32 valence electrons. The molecule has 0 aliphatic carbocycles. The molecule has 0 N–H and O–H groups in total. The van der Waals surface area contributed by atoms with E-state index in [1.165, 1.54) is 5.69 Å². The van der Waals surface area contributed by atoms with E-state index in [2.05, 4.69) is 13.4 Å². The Hall–Kier alpha value is 0.200. The zero-order valence-corrected chi connectivity index (χ0v) is 5.84. The second-order valence-corrected chi connectivity index (χ2v) is 3.04. The third-order valence-electron chi connectivity index (χ3n) is 0.567. The molecule has 0 saturated carbocycles. The van der Waals surface area contributed by atoms with E-state index in [-0.39, 0.29) is 20.7 Å². The summed E-state index contributed by atoms with van der Waals surface area (Å²) in [6.45, 7) is 2.04. The Morgan fingerprint density at radius 1 is 1.83 bits per heavy atom. The monoisotopic (exact) mass is 197 g/mol. The van der Waals surface area contributed by atoms with Crippen LogP contribution in [0.25, 0.3) is 0 Å². The number of aromatic nitrogens is 1. The molecule has 0 radical (unpaired) electrons. The van der Waals surface area contributed by atoms with Gasteiger partial charge in [-0.2, -0.15) is 0 Å². The summed E-state index contributed by atoms with van der Waals surface area (Å²) in [4.78, 5) is 0. The summed E-state index contributed by atoms with van der Waals surface area (Å²) in [7, 11) is 0. The molecule has 0 aliphatic rings. The van der Waals surface area contributed by atoms with Crippen molar-refractivity contribution in [3.8, 4) is 0 Å². The fraction of sp³-hybridized carbons (Fsp3) is 0.250. The maximum atomic E-state index is 4.17. The molecule has 0 aliphatic heterocycles. The van der Waals surface area contributed by atoms with Gasteiger partial charge in [0.25, 0.3) is 0 Å². The van der Waals surface area contributed by atoms with Crippen molar-refractivity contribution < 1.29 is 0 Å². The van der Waals surface area contributed by atoms with Gasteiger partial charge in [-0.3, -0.25) is 0 Å². The molecular weight excluding hydrogens is 190 g/mol. The number of rotatable bonds is 0. The van der Waals surface area contributed by atoms with Gasteiger partial charge in [0.15, 0.2) is 0 Å². The zero-order valence-electron chi connectivity index (χ0n) is 3.51. The number of hydrogen-bond donors (Lipinski definition) is 0. The molecule has 0 amide bonds. The van der Waals surface area contributed by atoms with Gasteiger partial charge in [0.1, 0.15) is 0 Å². The molecule has 0 saturated heterocycles. The van der Waals surface area contributed by atoms with Crippen LogP contribution in [-0.4, -0.2) is 23.9 Å². The van der Waals surface area contributed by atoms with Gasteiger partial charge in [-0.05, 0) is 0 Å². The Labute approximate surface area is 47.0 Å². The fourth-order valence-electron chi connectivity index (χ4n) is 0.273. The van der Waals surface area contributed by atoms with Crippen LogP contribution in [0.5, 0.6) is 0 Å². The van der Waals surface area contributed by atoms with Crippen LogP contribution in [0, 0.1) is 6.92 Å². The first kappa shape index (κ1) is 4.36. The number of aryl methyl sites for hydroxylation is 1. The van der Waals surface area contributed by atoms with Crippen molar-refractivity contribution in [3.63, 3.8) is 0 Å². The molecule has 0 bridgehead atoms. The molecule has 0 unspecified atom stereocenters. The van der Waals surface area contributed by atoms with Crippen molar-refractivity contribution >= 4 is 20.7 Å². The normalized spacial score (nSPS) is 8.83. The quantitative estimate of drug-likeness (QED) is 0.547. The third-order valence-corrected chi connectivity index (χ3v) is 2.43. The first-order chi connectivity index (χ1) is 2.89. The molecule has 1 rings (SSSR count). The van der Waals surface area contributed by atoms with E-state index in [0.717, 1.165) is 0 Å². The predicted molar refractivity (Wildman–Crippen MR) is 25.9 cm³/mol. The van der Waals surface area contributed by atoms with E-state index in [1.54, 1.807) is 0 Å². The second-order valence-electron chi connectivity index (χ2n) is 1.14. The van der Waals surface area contributed by atoms with Gasteiger partial charge >= 0.3 is 46.7 Å². The number of hydrogen-bond acceptors (Lipinski definition) is 1. The van der Waals surface area contributed by atoms with Crippen LogP contribution < -0.4 is 0 Å². The van der Waals surface area contributed by atoms with E-state index in [4.69, 9.17) is 0 Å². The standard InChI is InChI=1S/C4H5NTe/c1-4-2-3-6-5-4/h2-3H,1H3.